The summed E-state index contributed by atoms with van der Waals surface area (Å²) in [7, 11) is 0. The number of pyridine rings is 2. The SMILES string of the molecule is ON(Nc1ccc(-c2cccnc2)c2cccnc12)Sc1cccc(C(F)(F)F)c1. The standard InChI is InChI=1S/C21H15F3N4OS/c22-21(23,24)15-5-1-6-16(12-15)30-28(29)27-19-9-8-17(14-4-2-10-25-13-14)18-7-3-11-26-20(18)19/h1-13,27,29H. The third-order valence-electron chi connectivity index (χ3n) is 4.31. The van der Waals surface area contributed by atoms with Crippen LogP contribution in [0.1, 0.15) is 5.56 Å². The average Bonchev–Trinajstić information content (AvgIpc) is 2.74. The highest BCUT2D eigenvalue weighted by Crippen LogP contribution is 2.34. The zero-order chi connectivity index (χ0) is 21.1. The predicted octanol–water partition coefficient (Wildman–Crippen LogP) is 6.04. The lowest BCUT2D eigenvalue weighted by Crippen LogP contribution is -2.18. The maximum Gasteiger partial charge on any atom is 0.416 e. The second-order valence-corrected chi connectivity index (χ2v) is 7.30. The fourth-order valence-corrected chi connectivity index (χ4v) is 3.65. The van der Waals surface area contributed by atoms with Crippen molar-refractivity contribution in [2.45, 2.75) is 11.1 Å². The topological polar surface area (TPSA) is 61.3 Å². The van der Waals surface area contributed by atoms with Gasteiger partial charge in [-0.1, -0.05) is 24.3 Å². The van der Waals surface area contributed by atoms with Crippen LogP contribution in [0.4, 0.5) is 18.9 Å². The van der Waals surface area contributed by atoms with Crippen molar-refractivity contribution in [2.24, 2.45) is 0 Å². The van der Waals surface area contributed by atoms with Gasteiger partial charge in [-0.15, -0.1) is 0 Å². The van der Waals surface area contributed by atoms with E-state index < -0.39 is 11.7 Å². The Morgan fingerprint density at radius 1 is 0.967 bits per heavy atom. The Hall–Kier alpha value is -3.14. The van der Waals surface area contributed by atoms with Crippen molar-refractivity contribution >= 4 is 28.5 Å². The number of anilines is 1. The summed E-state index contributed by atoms with van der Waals surface area (Å²) in [6.45, 7) is 0. The maximum absolute atomic E-state index is 12.9. The molecule has 0 spiro atoms. The maximum atomic E-state index is 12.9. The molecule has 0 saturated heterocycles. The van der Waals surface area contributed by atoms with Crippen molar-refractivity contribution < 1.29 is 18.4 Å². The van der Waals surface area contributed by atoms with Crippen LogP contribution in [0, 0.1) is 0 Å². The molecule has 2 N–H and O–H groups in total. The van der Waals surface area contributed by atoms with Crippen LogP contribution in [-0.4, -0.2) is 19.8 Å². The van der Waals surface area contributed by atoms with Crippen molar-refractivity contribution in [2.75, 3.05) is 5.43 Å². The quantitative estimate of drug-likeness (QED) is 0.298. The van der Waals surface area contributed by atoms with E-state index in [1.54, 1.807) is 30.7 Å². The number of hydrogen-bond acceptors (Lipinski definition) is 6. The van der Waals surface area contributed by atoms with Crippen LogP contribution in [0.2, 0.25) is 0 Å². The van der Waals surface area contributed by atoms with E-state index >= 15 is 0 Å². The second kappa shape index (κ2) is 8.31. The molecule has 0 amide bonds. The molecule has 4 rings (SSSR count). The van der Waals surface area contributed by atoms with E-state index in [0.29, 0.717) is 15.8 Å². The lowest BCUT2D eigenvalue weighted by atomic mass is 10.0. The van der Waals surface area contributed by atoms with E-state index in [-0.39, 0.29) is 4.90 Å². The van der Waals surface area contributed by atoms with Crippen molar-refractivity contribution in [3.8, 4) is 11.1 Å². The molecule has 0 bridgehead atoms. The minimum atomic E-state index is -4.45. The summed E-state index contributed by atoms with van der Waals surface area (Å²) >= 11 is 0.718. The molecule has 0 atom stereocenters. The smallest absolute Gasteiger partial charge is 0.285 e. The molecule has 0 radical (unpaired) electrons. The molecule has 30 heavy (non-hydrogen) atoms. The normalized spacial score (nSPS) is 11.8. The number of aromatic nitrogens is 2. The Balaban J connectivity index is 1.60. The third kappa shape index (κ3) is 4.38. The predicted molar refractivity (Wildman–Crippen MR) is 110 cm³/mol. The molecular weight excluding hydrogens is 413 g/mol. The van der Waals surface area contributed by atoms with Crippen LogP contribution in [0.5, 0.6) is 0 Å². The minimum Gasteiger partial charge on any atom is -0.285 e. The fraction of sp³-hybridized carbons (Fsp3) is 0.0476. The monoisotopic (exact) mass is 428 g/mol. The van der Waals surface area contributed by atoms with E-state index in [1.807, 2.05) is 24.3 Å². The third-order valence-corrected chi connectivity index (χ3v) is 5.04. The van der Waals surface area contributed by atoms with Gasteiger partial charge in [-0.2, -0.15) is 13.2 Å². The molecule has 0 aliphatic carbocycles. The van der Waals surface area contributed by atoms with Crippen molar-refractivity contribution in [1.29, 1.82) is 0 Å². The summed E-state index contributed by atoms with van der Waals surface area (Å²) < 4.78 is 39.3. The van der Waals surface area contributed by atoms with E-state index in [2.05, 4.69) is 15.4 Å². The Morgan fingerprint density at radius 2 is 1.80 bits per heavy atom. The first-order valence-electron chi connectivity index (χ1n) is 8.81. The van der Waals surface area contributed by atoms with Crippen molar-refractivity contribution in [3.63, 3.8) is 0 Å². The number of hydrogen-bond donors (Lipinski definition) is 2. The number of nitrogens with one attached hydrogen (secondary N) is 1. The first kappa shape index (κ1) is 20.1. The number of fused-ring (bicyclic) bond motifs is 1. The molecule has 4 aromatic rings. The van der Waals surface area contributed by atoms with Gasteiger partial charge in [-0.3, -0.25) is 20.6 Å². The van der Waals surface area contributed by atoms with Crippen LogP contribution < -0.4 is 5.43 Å². The average molecular weight is 428 g/mol. The lowest BCUT2D eigenvalue weighted by molar-refractivity contribution is -0.137. The van der Waals surface area contributed by atoms with E-state index in [1.165, 1.54) is 12.1 Å². The Bertz CT molecular complexity index is 1170. The van der Waals surface area contributed by atoms with Crippen LogP contribution >= 0.6 is 11.9 Å². The van der Waals surface area contributed by atoms with Crippen molar-refractivity contribution in [1.82, 2.24) is 14.5 Å². The van der Waals surface area contributed by atoms with Crippen molar-refractivity contribution in [3.05, 3.63) is 84.8 Å². The number of hydrazine groups is 1. The molecule has 0 saturated carbocycles. The van der Waals surface area contributed by atoms with Crippen LogP contribution in [0.15, 0.2) is 84.1 Å². The summed E-state index contributed by atoms with van der Waals surface area (Å²) in [5, 5.41) is 11.1. The van der Waals surface area contributed by atoms with Gasteiger partial charge >= 0.3 is 6.18 Å². The second-order valence-electron chi connectivity index (χ2n) is 6.30. The summed E-state index contributed by atoms with van der Waals surface area (Å²) in [5.74, 6) is 0. The van der Waals surface area contributed by atoms with Crippen LogP contribution in [-0.2, 0) is 6.18 Å². The number of benzene rings is 2. The molecule has 5 nitrogen and oxygen atoms in total. The number of nitrogens with zero attached hydrogens (tertiary/aromatic N) is 3. The highest BCUT2D eigenvalue weighted by molar-refractivity contribution is 7.97. The highest BCUT2D eigenvalue weighted by atomic mass is 32.2. The van der Waals surface area contributed by atoms with E-state index in [9.17, 15) is 18.4 Å². The minimum absolute atomic E-state index is 0.226. The van der Waals surface area contributed by atoms with E-state index in [0.717, 1.165) is 40.6 Å². The first-order chi connectivity index (χ1) is 14.4. The Labute approximate surface area is 174 Å². The highest BCUT2D eigenvalue weighted by Gasteiger charge is 2.30. The zero-order valence-corrected chi connectivity index (χ0v) is 16.2. The number of rotatable bonds is 5. The molecule has 2 heterocycles. The summed E-state index contributed by atoms with van der Waals surface area (Å²) in [5.41, 5.74) is 4.92. The van der Waals surface area contributed by atoms with Gasteiger partial charge in [0.1, 0.15) is 0 Å². The van der Waals surface area contributed by atoms with Gasteiger partial charge < -0.3 is 0 Å². The van der Waals surface area contributed by atoms with Gasteiger partial charge in [0.05, 0.1) is 16.8 Å². The largest absolute Gasteiger partial charge is 0.416 e. The molecular formula is C21H15F3N4OS. The van der Waals surface area contributed by atoms with Gasteiger partial charge in [0.25, 0.3) is 0 Å². The van der Waals surface area contributed by atoms with Gasteiger partial charge in [0.15, 0.2) is 0 Å². The Morgan fingerprint density at radius 3 is 2.57 bits per heavy atom. The molecule has 0 unspecified atom stereocenters. The summed E-state index contributed by atoms with van der Waals surface area (Å²) in [4.78, 5) is 8.76. The summed E-state index contributed by atoms with van der Waals surface area (Å²) in [6, 6.07) is 15.8. The summed E-state index contributed by atoms with van der Waals surface area (Å²) in [6.07, 6.45) is 0.611. The molecule has 0 aliphatic rings. The molecule has 9 heteroatoms. The van der Waals surface area contributed by atoms with Gasteiger partial charge in [0, 0.05) is 46.4 Å². The first-order valence-corrected chi connectivity index (χ1v) is 9.58. The van der Waals surface area contributed by atoms with Crippen LogP contribution in [0.25, 0.3) is 22.0 Å². The molecule has 0 fully saturated rings. The Kier molecular flexibility index (Phi) is 5.58. The van der Waals surface area contributed by atoms with Gasteiger partial charge in [-0.25, -0.2) is 0 Å². The fourth-order valence-electron chi connectivity index (χ4n) is 2.99. The van der Waals surface area contributed by atoms with Gasteiger partial charge in [0.2, 0.25) is 0 Å². The lowest BCUT2D eigenvalue weighted by Gasteiger charge is -2.18. The molecule has 152 valence electrons. The number of alkyl halides is 3. The zero-order valence-electron chi connectivity index (χ0n) is 15.3. The van der Waals surface area contributed by atoms with Gasteiger partial charge in [-0.05, 0) is 46.5 Å². The number of halogens is 3. The molecule has 2 aromatic carbocycles. The van der Waals surface area contributed by atoms with Crippen LogP contribution in [0.3, 0.4) is 0 Å². The van der Waals surface area contributed by atoms with E-state index in [4.69, 9.17) is 0 Å². The molecule has 0 aliphatic heterocycles. The molecule has 2 aromatic heterocycles.